The molecule has 0 spiro atoms. The third-order valence-electron chi connectivity index (χ3n) is 4.85. The lowest BCUT2D eigenvalue weighted by Gasteiger charge is -2.25. The van der Waals surface area contributed by atoms with E-state index in [4.69, 9.17) is 0 Å². The van der Waals surface area contributed by atoms with Crippen LogP contribution in [0.5, 0.6) is 0 Å². The van der Waals surface area contributed by atoms with Crippen LogP contribution in [-0.2, 0) is 14.8 Å². The molecule has 0 radical (unpaired) electrons. The van der Waals surface area contributed by atoms with Gasteiger partial charge in [0.05, 0.1) is 0 Å². The lowest BCUT2D eigenvalue weighted by atomic mass is 10.2. The Hall–Kier alpha value is -1.45. The van der Waals surface area contributed by atoms with Crippen molar-refractivity contribution in [2.45, 2.75) is 43.4 Å². The molecule has 3 rings (SSSR count). The summed E-state index contributed by atoms with van der Waals surface area (Å²) in [4.78, 5) is 26.6. The molecule has 1 aromatic heterocycles. The van der Waals surface area contributed by atoms with Crippen LogP contribution in [0, 0.1) is 0 Å². The van der Waals surface area contributed by atoms with Crippen molar-refractivity contribution in [2.75, 3.05) is 32.7 Å². The topological polar surface area (TPSA) is 86.8 Å². The minimum atomic E-state index is -3.64. The van der Waals surface area contributed by atoms with Crippen LogP contribution in [-0.4, -0.2) is 62.2 Å². The molecule has 1 N–H and O–H groups in total. The molecule has 0 bridgehead atoms. The third kappa shape index (κ3) is 4.27. The molecule has 9 heteroatoms. The molecule has 0 atom stereocenters. The zero-order valence-electron chi connectivity index (χ0n) is 14.8. The minimum Gasteiger partial charge on any atom is -0.351 e. The first-order valence-electron chi connectivity index (χ1n) is 9.14. The van der Waals surface area contributed by atoms with E-state index in [1.54, 1.807) is 5.38 Å². The number of nitrogens with zero attached hydrogens (tertiary/aromatic N) is 2. The van der Waals surface area contributed by atoms with Gasteiger partial charge in [-0.1, -0.05) is 6.42 Å². The van der Waals surface area contributed by atoms with Crippen molar-refractivity contribution in [3.63, 3.8) is 0 Å². The predicted octanol–water partition coefficient (Wildman–Crippen LogP) is 1.67. The maximum Gasteiger partial charge on any atom is 0.262 e. The molecule has 3 heterocycles. The minimum absolute atomic E-state index is 0.0372. The first kappa shape index (κ1) is 19.3. The average Bonchev–Trinajstić information content (AvgIpc) is 3.34. The zero-order valence-corrected chi connectivity index (χ0v) is 16.4. The first-order valence-corrected chi connectivity index (χ1v) is 11.5. The van der Waals surface area contributed by atoms with Crippen LogP contribution >= 0.6 is 11.3 Å². The Morgan fingerprint density at radius 3 is 2.38 bits per heavy atom. The molecule has 0 saturated carbocycles. The van der Waals surface area contributed by atoms with Crippen molar-refractivity contribution in [3.8, 4) is 0 Å². The third-order valence-corrected chi connectivity index (χ3v) is 7.83. The van der Waals surface area contributed by atoms with Gasteiger partial charge in [0.15, 0.2) is 0 Å². The summed E-state index contributed by atoms with van der Waals surface area (Å²) in [5.41, 5.74) is 0. The molecular formula is C17H25N3O4S2. The largest absolute Gasteiger partial charge is 0.351 e. The number of hydrogen-bond donors (Lipinski definition) is 1. The van der Waals surface area contributed by atoms with Crippen LogP contribution in [0.25, 0.3) is 0 Å². The van der Waals surface area contributed by atoms with Gasteiger partial charge >= 0.3 is 0 Å². The van der Waals surface area contributed by atoms with Crippen molar-refractivity contribution < 1.29 is 18.0 Å². The number of thiophene rings is 1. The highest BCUT2D eigenvalue weighted by atomic mass is 32.2. The highest BCUT2D eigenvalue weighted by Gasteiger charge is 2.31. The molecule has 2 aliphatic rings. The van der Waals surface area contributed by atoms with Crippen LogP contribution in [0.2, 0.25) is 0 Å². The van der Waals surface area contributed by atoms with Crippen molar-refractivity contribution >= 4 is 33.2 Å². The molecule has 26 heavy (non-hydrogen) atoms. The fourth-order valence-corrected chi connectivity index (χ4v) is 6.23. The predicted molar refractivity (Wildman–Crippen MR) is 99.7 cm³/mol. The monoisotopic (exact) mass is 399 g/mol. The fraction of sp³-hybridized carbons (Fsp3) is 0.647. The zero-order chi connectivity index (χ0) is 18.6. The maximum atomic E-state index is 12.8. The first-order chi connectivity index (χ1) is 12.5. The molecule has 2 fully saturated rings. The van der Waals surface area contributed by atoms with Gasteiger partial charge in [-0.05, 0) is 37.1 Å². The number of nitrogens with one attached hydrogen (secondary N) is 1. The summed E-state index contributed by atoms with van der Waals surface area (Å²) >= 11 is 1.12. The summed E-state index contributed by atoms with van der Waals surface area (Å²) in [5, 5.41) is 4.32. The van der Waals surface area contributed by atoms with Crippen molar-refractivity contribution in [3.05, 3.63) is 16.3 Å². The molecule has 144 valence electrons. The summed E-state index contributed by atoms with van der Waals surface area (Å²) < 4.78 is 27.1. The summed E-state index contributed by atoms with van der Waals surface area (Å²) in [6, 6.07) is 1.50. The summed E-state index contributed by atoms with van der Waals surface area (Å²) in [6.45, 7) is 2.80. The van der Waals surface area contributed by atoms with Crippen LogP contribution < -0.4 is 5.32 Å². The second-order valence-corrected chi connectivity index (χ2v) is 9.49. The van der Waals surface area contributed by atoms with Crippen LogP contribution in [0.4, 0.5) is 0 Å². The number of piperidine rings is 1. The van der Waals surface area contributed by atoms with Gasteiger partial charge < -0.3 is 10.2 Å². The standard InChI is InChI=1S/C17H25N3O4S2/c21-15(19-9-4-5-10-19)6-8-18-17(22)16-14(7-13-25-16)26(23,24)20-11-2-1-3-12-20/h7,13H,1-6,8-12H2,(H,18,22). The molecule has 0 aliphatic carbocycles. The quantitative estimate of drug-likeness (QED) is 0.788. The van der Waals surface area contributed by atoms with Crippen molar-refractivity contribution in [1.82, 2.24) is 14.5 Å². The summed E-state index contributed by atoms with van der Waals surface area (Å²) in [5.74, 6) is -0.389. The number of rotatable bonds is 6. The van der Waals surface area contributed by atoms with Gasteiger partial charge in [-0.25, -0.2) is 8.42 Å². The fourth-order valence-electron chi connectivity index (χ4n) is 3.40. The molecule has 1 aromatic rings. The maximum absolute atomic E-state index is 12.8. The van der Waals surface area contributed by atoms with Gasteiger partial charge in [0.1, 0.15) is 9.77 Å². The Bertz CT molecular complexity index is 748. The summed E-state index contributed by atoms with van der Waals surface area (Å²) in [7, 11) is -3.64. The molecule has 2 saturated heterocycles. The Morgan fingerprint density at radius 1 is 1.04 bits per heavy atom. The smallest absolute Gasteiger partial charge is 0.262 e. The van der Waals surface area contributed by atoms with Crippen LogP contribution in [0.3, 0.4) is 0 Å². The van der Waals surface area contributed by atoms with E-state index in [1.807, 2.05) is 4.90 Å². The van der Waals surface area contributed by atoms with E-state index in [0.717, 1.165) is 56.5 Å². The number of carbonyl (C=O) groups is 2. The molecule has 2 amide bonds. The normalized spacial score (nSPS) is 18.8. The van der Waals surface area contributed by atoms with E-state index < -0.39 is 15.9 Å². The van der Waals surface area contributed by atoms with E-state index in [2.05, 4.69) is 5.32 Å². The highest BCUT2D eigenvalue weighted by Crippen LogP contribution is 2.27. The second kappa shape index (κ2) is 8.49. The van der Waals surface area contributed by atoms with Gasteiger partial charge in [-0.2, -0.15) is 4.31 Å². The van der Waals surface area contributed by atoms with Crippen LogP contribution in [0.15, 0.2) is 16.3 Å². The van der Waals surface area contributed by atoms with E-state index >= 15 is 0 Å². The van der Waals surface area contributed by atoms with E-state index in [-0.39, 0.29) is 28.6 Å². The lowest BCUT2D eigenvalue weighted by molar-refractivity contribution is -0.129. The number of likely N-dealkylation sites (tertiary alicyclic amines) is 1. The van der Waals surface area contributed by atoms with E-state index in [0.29, 0.717) is 13.1 Å². The number of amides is 2. The average molecular weight is 400 g/mol. The molecular weight excluding hydrogens is 374 g/mol. The molecule has 0 unspecified atom stereocenters. The Labute approximate surface area is 158 Å². The van der Waals surface area contributed by atoms with Gasteiger partial charge in [0.25, 0.3) is 5.91 Å². The molecule has 7 nitrogen and oxygen atoms in total. The van der Waals surface area contributed by atoms with Crippen molar-refractivity contribution in [2.24, 2.45) is 0 Å². The summed E-state index contributed by atoms with van der Waals surface area (Å²) in [6.07, 6.45) is 5.04. The van der Waals surface area contributed by atoms with E-state index in [1.165, 1.54) is 10.4 Å². The SMILES string of the molecule is O=C(NCCC(=O)N1CCCC1)c1sccc1S(=O)(=O)N1CCCCC1. The molecule has 2 aliphatic heterocycles. The number of hydrogen-bond acceptors (Lipinski definition) is 5. The van der Waals surface area contributed by atoms with E-state index in [9.17, 15) is 18.0 Å². The number of carbonyl (C=O) groups excluding carboxylic acids is 2. The molecule has 0 aromatic carbocycles. The van der Waals surface area contributed by atoms with Gasteiger partial charge in [0, 0.05) is 39.1 Å². The van der Waals surface area contributed by atoms with Crippen LogP contribution in [0.1, 0.15) is 48.2 Å². The van der Waals surface area contributed by atoms with Crippen molar-refractivity contribution in [1.29, 1.82) is 0 Å². The second-order valence-electron chi connectivity index (χ2n) is 6.67. The number of sulfonamides is 1. The Kier molecular flexibility index (Phi) is 6.31. The highest BCUT2D eigenvalue weighted by molar-refractivity contribution is 7.89. The Morgan fingerprint density at radius 2 is 1.69 bits per heavy atom. The Balaban J connectivity index is 1.60. The lowest BCUT2D eigenvalue weighted by Crippen LogP contribution is -2.37. The van der Waals surface area contributed by atoms with Gasteiger partial charge in [0.2, 0.25) is 15.9 Å². The van der Waals surface area contributed by atoms with Gasteiger partial charge in [-0.3, -0.25) is 9.59 Å². The van der Waals surface area contributed by atoms with Gasteiger partial charge in [-0.15, -0.1) is 11.3 Å².